The first-order valence-electron chi connectivity index (χ1n) is 20.1. The number of hydrogen-bond donors (Lipinski definition) is 2. The van der Waals surface area contributed by atoms with Crippen LogP contribution in [0.25, 0.3) is 11.1 Å². The quantitative estimate of drug-likeness (QED) is 0.205. The van der Waals surface area contributed by atoms with Crippen molar-refractivity contribution in [2.45, 2.75) is 89.6 Å². The monoisotopic (exact) mass is 830 g/mol. The first-order valence-corrected chi connectivity index (χ1v) is 20.1. The molecule has 1 heterocycles. The van der Waals surface area contributed by atoms with Crippen LogP contribution in [-0.2, 0) is 43.0 Å². The normalized spacial score (nSPS) is 23.0. The van der Waals surface area contributed by atoms with Gasteiger partial charge < -0.3 is 44.5 Å². The van der Waals surface area contributed by atoms with E-state index in [1.54, 1.807) is 39.8 Å². The summed E-state index contributed by atoms with van der Waals surface area (Å²) in [5.74, 6) is -4.60. The molecule has 0 aromatic heterocycles. The summed E-state index contributed by atoms with van der Waals surface area (Å²) in [7, 11) is 5.69. The number of carbonyl (C=O) groups excluding carboxylic acids is 8. The number of alkyl carbamates (subject to hydrolysis) is 1. The second-order valence-electron chi connectivity index (χ2n) is 16.0. The van der Waals surface area contributed by atoms with E-state index in [4.69, 9.17) is 9.47 Å². The summed E-state index contributed by atoms with van der Waals surface area (Å²) in [6.45, 7) is 7.59. The average molecular weight is 831 g/mol. The van der Waals surface area contributed by atoms with Gasteiger partial charge in [-0.2, -0.15) is 0 Å². The van der Waals surface area contributed by atoms with Gasteiger partial charge in [-0.15, -0.1) is 0 Å². The minimum Gasteiger partial charge on any atom is -0.461 e. The highest BCUT2D eigenvalue weighted by molar-refractivity contribution is 5.94. The van der Waals surface area contributed by atoms with E-state index >= 15 is 0 Å². The molecule has 6 atom stereocenters. The lowest BCUT2D eigenvalue weighted by molar-refractivity contribution is -0.159. The van der Waals surface area contributed by atoms with E-state index in [0.29, 0.717) is 12.7 Å². The lowest BCUT2D eigenvalue weighted by atomic mass is 9.98. The number of amides is 6. The Morgan fingerprint density at radius 1 is 0.900 bits per heavy atom. The minimum atomic E-state index is -1.57. The molecular formula is C44H58N6O10. The van der Waals surface area contributed by atoms with Crippen LogP contribution in [0.5, 0.6) is 0 Å². The topological polar surface area (TPSA) is 192 Å². The largest absolute Gasteiger partial charge is 0.461 e. The van der Waals surface area contributed by atoms with Crippen molar-refractivity contribution in [3.8, 4) is 11.1 Å². The molecule has 60 heavy (non-hydrogen) atoms. The van der Waals surface area contributed by atoms with Crippen molar-refractivity contribution >= 4 is 48.4 Å². The molecule has 2 aromatic carbocycles. The molecule has 6 amide bonds. The van der Waals surface area contributed by atoms with E-state index in [2.05, 4.69) is 10.6 Å². The second kappa shape index (κ2) is 20.8. The highest BCUT2D eigenvalue weighted by atomic mass is 16.6. The lowest BCUT2D eigenvalue weighted by Crippen LogP contribution is -2.58. The van der Waals surface area contributed by atoms with E-state index in [-0.39, 0.29) is 31.3 Å². The summed E-state index contributed by atoms with van der Waals surface area (Å²) in [4.78, 5) is 112. The zero-order valence-electron chi connectivity index (χ0n) is 35.8. The summed E-state index contributed by atoms with van der Waals surface area (Å²) in [6.07, 6.45) is 3.29. The van der Waals surface area contributed by atoms with Crippen molar-refractivity contribution in [3.05, 3.63) is 71.8 Å². The van der Waals surface area contributed by atoms with Crippen LogP contribution < -0.4 is 10.6 Å². The molecule has 0 spiro atoms. The molecule has 0 saturated heterocycles. The first kappa shape index (κ1) is 46.6. The fraction of sp³-hybridized carbons (Fsp3) is 0.500. The first-order chi connectivity index (χ1) is 28.4. The van der Waals surface area contributed by atoms with Gasteiger partial charge in [0.2, 0.25) is 30.0 Å². The molecule has 1 aliphatic heterocycles. The fourth-order valence-electron chi connectivity index (χ4n) is 7.77. The smallest absolute Gasteiger partial charge is 0.407 e. The summed E-state index contributed by atoms with van der Waals surface area (Å²) in [5, 5.41) is 5.07. The van der Waals surface area contributed by atoms with Gasteiger partial charge in [0.15, 0.2) is 0 Å². The highest BCUT2D eigenvalue weighted by Crippen LogP contribution is 2.44. The molecule has 0 saturated carbocycles. The minimum absolute atomic E-state index is 0.00572. The van der Waals surface area contributed by atoms with Crippen LogP contribution >= 0.6 is 0 Å². The van der Waals surface area contributed by atoms with Gasteiger partial charge in [-0.05, 0) is 53.9 Å². The third kappa shape index (κ3) is 10.6. The second-order valence-corrected chi connectivity index (χ2v) is 16.0. The molecule has 1 aliphatic carbocycles. The number of fused-ring (bicyclic) bond motifs is 3. The maximum atomic E-state index is 14.0. The highest BCUT2D eigenvalue weighted by Gasteiger charge is 2.39. The Hall–Kier alpha value is -6.06. The van der Waals surface area contributed by atoms with Crippen molar-refractivity contribution in [1.82, 2.24) is 30.2 Å². The number of nitrogens with zero attached hydrogens (tertiary/aromatic N) is 4. The predicted molar refractivity (Wildman–Crippen MR) is 222 cm³/mol. The molecule has 16 nitrogen and oxygen atoms in total. The summed E-state index contributed by atoms with van der Waals surface area (Å²) in [5.41, 5.74) is 3.97. The molecular weight excluding hydrogens is 773 g/mol. The third-order valence-corrected chi connectivity index (χ3v) is 11.3. The van der Waals surface area contributed by atoms with Crippen LogP contribution in [0.3, 0.4) is 0 Å². The van der Waals surface area contributed by atoms with E-state index < -0.39 is 84.5 Å². The van der Waals surface area contributed by atoms with Gasteiger partial charge in [0, 0.05) is 34.1 Å². The van der Waals surface area contributed by atoms with E-state index in [1.807, 2.05) is 48.5 Å². The molecule has 2 aromatic rings. The van der Waals surface area contributed by atoms with Crippen molar-refractivity contribution < 1.29 is 47.8 Å². The number of aldehydes is 1. The number of esters is 1. The molecule has 324 valence electrons. The molecule has 0 radical (unpaired) electrons. The Bertz CT molecular complexity index is 1910. The van der Waals surface area contributed by atoms with Crippen LogP contribution in [-0.4, -0.2) is 146 Å². The Morgan fingerprint density at radius 3 is 2.03 bits per heavy atom. The van der Waals surface area contributed by atoms with E-state index in [1.165, 1.54) is 44.9 Å². The molecule has 4 rings (SSSR count). The molecule has 4 unspecified atom stereocenters. The van der Waals surface area contributed by atoms with Crippen molar-refractivity contribution in [3.63, 3.8) is 0 Å². The van der Waals surface area contributed by atoms with Crippen LogP contribution in [0.15, 0.2) is 60.7 Å². The predicted octanol–water partition coefficient (Wildman–Crippen LogP) is 2.74. The number of benzene rings is 2. The molecule has 2 aliphatic rings. The Labute approximate surface area is 351 Å². The lowest BCUT2D eigenvalue weighted by Gasteiger charge is -2.35. The number of likely N-dealkylation sites (N-methyl/N-ethyl adjacent to an activating group) is 4. The van der Waals surface area contributed by atoms with Crippen molar-refractivity contribution in [1.29, 1.82) is 0 Å². The van der Waals surface area contributed by atoms with Gasteiger partial charge in [-0.25, -0.2) is 9.59 Å². The molecule has 0 bridgehead atoms. The fourth-order valence-corrected chi connectivity index (χ4v) is 7.77. The number of cyclic esters (lactones) is 1. The Balaban J connectivity index is 1.67. The van der Waals surface area contributed by atoms with Crippen LogP contribution in [0.4, 0.5) is 4.79 Å². The van der Waals surface area contributed by atoms with Crippen LogP contribution in [0.2, 0.25) is 0 Å². The van der Waals surface area contributed by atoms with E-state index in [0.717, 1.165) is 32.1 Å². The maximum absolute atomic E-state index is 14.0. The number of hydrogen-bond acceptors (Lipinski definition) is 10. The zero-order chi connectivity index (χ0) is 44.4. The van der Waals surface area contributed by atoms with Gasteiger partial charge in [-0.3, -0.25) is 24.0 Å². The van der Waals surface area contributed by atoms with Crippen molar-refractivity contribution in [2.24, 2.45) is 11.8 Å². The van der Waals surface area contributed by atoms with Gasteiger partial charge in [0.1, 0.15) is 49.7 Å². The number of rotatable bonds is 10. The van der Waals surface area contributed by atoms with Gasteiger partial charge in [-0.1, -0.05) is 88.4 Å². The standard InChI is InChI=1S/C44H58N6O10/c1-26(2)37(22-51)49(8)42(56)36-21-15-14-20-35(47(6)25-52)41(55)50(9)38(27(3)4)43(57)59-24-34(39(53)45-28(5)40(54)48(36)7)46-44(58)60-23-33-31-18-12-10-16-29(31)30-17-11-13-19-32(30)33/h10-19,22,25-28,33-38H,20-21,23-24H2,1-9H3,(H,45,53)(H,46,58)/b15-14-/t28?,34?,35-,36-,37?,38?/m0/s1. The summed E-state index contributed by atoms with van der Waals surface area (Å²) >= 11 is 0. The zero-order valence-corrected chi connectivity index (χ0v) is 35.8. The number of ether oxygens (including phenoxy) is 2. The van der Waals surface area contributed by atoms with Gasteiger partial charge >= 0.3 is 12.1 Å². The summed E-state index contributed by atoms with van der Waals surface area (Å²) in [6, 6.07) is 8.54. The SMILES string of the molecule is CC1NC(=O)C(NC(=O)OCC2c3ccccc3-c3ccccc32)COC(=O)C(C(C)C)N(C)C(=O)[C@@H](N(C)C=O)C/C=C\C[C@@H](C(=O)N(C)C(C=O)C(C)C)N(C)C1=O. The molecule has 0 fully saturated rings. The van der Waals surface area contributed by atoms with E-state index in [9.17, 15) is 38.4 Å². The summed E-state index contributed by atoms with van der Waals surface area (Å²) < 4.78 is 11.3. The van der Waals surface area contributed by atoms with Crippen LogP contribution in [0, 0.1) is 11.8 Å². The third-order valence-electron chi connectivity index (χ3n) is 11.3. The van der Waals surface area contributed by atoms with Gasteiger partial charge in [0.05, 0.1) is 6.04 Å². The van der Waals surface area contributed by atoms with Gasteiger partial charge in [0.25, 0.3) is 0 Å². The molecule has 16 heteroatoms. The van der Waals surface area contributed by atoms with Crippen LogP contribution in [0.1, 0.15) is 64.5 Å². The Kier molecular flexibility index (Phi) is 16.1. The number of carbonyl (C=O) groups is 8. The maximum Gasteiger partial charge on any atom is 0.407 e. The van der Waals surface area contributed by atoms with Crippen molar-refractivity contribution in [2.75, 3.05) is 41.4 Å². The average Bonchev–Trinajstić information content (AvgIpc) is 3.54. The Morgan fingerprint density at radius 2 is 1.48 bits per heavy atom. The molecule has 2 N–H and O–H groups in total. The number of nitrogens with one attached hydrogen (secondary N) is 2.